The molecule has 1 amide bonds. The van der Waals surface area contributed by atoms with E-state index in [4.69, 9.17) is 4.74 Å². The van der Waals surface area contributed by atoms with E-state index >= 15 is 0 Å². The highest BCUT2D eigenvalue weighted by molar-refractivity contribution is 6.13. The van der Waals surface area contributed by atoms with Crippen molar-refractivity contribution < 1.29 is 14.3 Å². The average molecular weight is 372 g/mol. The van der Waals surface area contributed by atoms with Gasteiger partial charge in [-0.15, -0.1) is 0 Å². The van der Waals surface area contributed by atoms with Gasteiger partial charge in [-0.25, -0.2) is 0 Å². The zero-order chi connectivity index (χ0) is 19.5. The molecule has 0 bridgehead atoms. The largest absolute Gasteiger partial charge is 0.496 e. The fourth-order valence-electron chi connectivity index (χ4n) is 3.51. The van der Waals surface area contributed by atoms with E-state index in [1.165, 1.54) is 7.11 Å². The van der Waals surface area contributed by atoms with Crippen LogP contribution in [0.4, 0.5) is 17.1 Å². The van der Waals surface area contributed by atoms with Crippen molar-refractivity contribution in [3.63, 3.8) is 0 Å². The second kappa shape index (κ2) is 7.56. The molecule has 3 aromatic carbocycles. The van der Waals surface area contributed by atoms with Crippen LogP contribution in [0.2, 0.25) is 0 Å². The van der Waals surface area contributed by atoms with Gasteiger partial charge in [-0.3, -0.25) is 9.59 Å². The monoisotopic (exact) mass is 372 g/mol. The lowest BCUT2D eigenvalue weighted by molar-refractivity contribution is 0.0995. The normalized spacial score (nSPS) is 12.4. The van der Waals surface area contributed by atoms with Crippen LogP contribution in [0.1, 0.15) is 32.7 Å². The number of fused-ring (bicyclic) bond motifs is 1. The minimum atomic E-state index is -0.303. The van der Waals surface area contributed by atoms with E-state index in [-0.39, 0.29) is 11.7 Å². The molecule has 0 heterocycles. The van der Waals surface area contributed by atoms with Crippen LogP contribution in [0.3, 0.4) is 0 Å². The third-order valence-electron chi connectivity index (χ3n) is 4.85. The summed E-state index contributed by atoms with van der Waals surface area (Å²) in [4.78, 5) is 25.3. The Morgan fingerprint density at radius 2 is 1.61 bits per heavy atom. The maximum Gasteiger partial charge on any atom is 0.259 e. The molecule has 0 atom stereocenters. The van der Waals surface area contributed by atoms with Crippen LogP contribution in [-0.2, 0) is 6.42 Å². The van der Waals surface area contributed by atoms with Gasteiger partial charge in [-0.05, 0) is 48.4 Å². The Labute approximate surface area is 163 Å². The van der Waals surface area contributed by atoms with Crippen LogP contribution in [0.15, 0.2) is 66.7 Å². The summed E-state index contributed by atoms with van der Waals surface area (Å²) in [6, 6.07) is 20.5. The second-order valence-corrected chi connectivity index (χ2v) is 6.58. The topological polar surface area (TPSA) is 67.4 Å². The molecular weight excluding hydrogens is 352 g/mol. The van der Waals surface area contributed by atoms with Crippen molar-refractivity contribution in [3.05, 3.63) is 83.4 Å². The number of anilines is 3. The molecule has 5 heteroatoms. The molecule has 0 spiro atoms. The standard InChI is InChI=1S/C23H20N2O3/c1-28-21-10-6-5-9-17(21)23(27)25-19-13-12-18(16-11-14-20(26)22(16)19)24-15-7-3-2-4-8-15/h2-10,12-13,24H,11,14H2,1H3,(H,25,27). The van der Waals surface area contributed by atoms with Gasteiger partial charge in [-0.1, -0.05) is 30.3 Å². The molecule has 4 rings (SSSR count). The molecule has 0 aliphatic heterocycles. The number of amides is 1. The third kappa shape index (κ3) is 3.34. The van der Waals surface area contributed by atoms with Crippen molar-refractivity contribution in [3.8, 4) is 5.75 Å². The van der Waals surface area contributed by atoms with Gasteiger partial charge in [0.05, 0.1) is 18.4 Å². The van der Waals surface area contributed by atoms with Gasteiger partial charge >= 0.3 is 0 Å². The van der Waals surface area contributed by atoms with Gasteiger partial charge in [0.25, 0.3) is 5.91 Å². The molecule has 0 unspecified atom stereocenters. The van der Waals surface area contributed by atoms with Gasteiger partial charge < -0.3 is 15.4 Å². The zero-order valence-electron chi connectivity index (χ0n) is 15.5. The molecule has 0 saturated carbocycles. The van der Waals surface area contributed by atoms with Crippen LogP contribution in [-0.4, -0.2) is 18.8 Å². The fourth-order valence-corrected chi connectivity index (χ4v) is 3.51. The number of carbonyl (C=O) groups excluding carboxylic acids is 2. The summed E-state index contributed by atoms with van der Waals surface area (Å²) in [5.41, 5.74) is 4.33. The summed E-state index contributed by atoms with van der Waals surface area (Å²) < 4.78 is 5.27. The molecule has 0 fully saturated rings. The molecule has 3 aromatic rings. The van der Waals surface area contributed by atoms with E-state index in [0.717, 1.165) is 16.9 Å². The Morgan fingerprint density at radius 3 is 2.39 bits per heavy atom. The van der Waals surface area contributed by atoms with Crippen molar-refractivity contribution in [2.75, 3.05) is 17.7 Å². The van der Waals surface area contributed by atoms with Gasteiger partial charge in [-0.2, -0.15) is 0 Å². The summed E-state index contributed by atoms with van der Waals surface area (Å²) in [6.45, 7) is 0. The molecule has 28 heavy (non-hydrogen) atoms. The molecule has 140 valence electrons. The lowest BCUT2D eigenvalue weighted by Crippen LogP contribution is -2.15. The lowest BCUT2D eigenvalue weighted by atomic mass is 10.0. The highest BCUT2D eigenvalue weighted by Crippen LogP contribution is 2.36. The van der Waals surface area contributed by atoms with Crippen LogP contribution < -0.4 is 15.4 Å². The summed E-state index contributed by atoms with van der Waals surface area (Å²) in [6.07, 6.45) is 1.10. The fraction of sp³-hybridized carbons (Fsp3) is 0.130. The first-order valence-electron chi connectivity index (χ1n) is 9.13. The summed E-state index contributed by atoms with van der Waals surface area (Å²) in [7, 11) is 1.53. The van der Waals surface area contributed by atoms with Crippen molar-refractivity contribution >= 4 is 28.8 Å². The highest BCUT2D eigenvalue weighted by Gasteiger charge is 2.27. The Bertz CT molecular complexity index is 1040. The minimum Gasteiger partial charge on any atom is -0.496 e. The van der Waals surface area contributed by atoms with E-state index in [1.807, 2.05) is 36.4 Å². The maximum absolute atomic E-state index is 12.8. The van der Waals surface area contributed by atoms with E-state index in [2.05, 4.69) is 10.6 Å². The molecule has 1 aliphatic carbocycles. The molecule has 0 saturated heterocycles. The maximum atomic E-state index is 12.8. The van der Waals surface area contributed by atoms with Crippen molar-refractivity contribution in [2.24, 2.45) is 0 Å². The lowest BCUT2D eigenvalue weighted by Gasteiger charge is -2.15. The number of methoxy groups -OCH3 is 1. The van der Waals surface area contributed by atoms with Gasteiger partial charge in [0.15, 0.2) is 5.78 Å². The van der Waals surface area contributed by atoms with E-state index < -0.39 is 0 Å². The van der Waals surface area contributed by atoms with Crippen molar-refractivity contribution in [2.45, 2.75) is 12.8 Å². The molecule has 2 N–H and O–H groups in total. The minimum absolute atomic E-state index is 0.0436. The number of carbonyl (C=O) groups is 2. The number of ether oxygens (including phenoxy) is 1. The van der Waals surface area contributed by atoms with Crippen molar-refractivity contribution in [1.82, 2.24) is 0 Å². The molecule has 5 nitrogen and oxygen atoms in total. The first-order chi connectivity index (χ1) is 13.7. The number of hydrogen-bond donors (Lipinski definition) is 2. The molecule has 1 aliphatic rings. The Balaban J connectivity index is 1.66. The molecular formula is C23H20N2O3. The van der Waals surface area contributed by atoms with Gasteiger partial charge in [0.2, 0.25) is 0 Å². The van der Waals surface area contributed by atoms with Crippen LogP contribution in [0, 0.1) is 0 Å². The van der Waals surface area contributed by atoms with Gasteiger partial charge in [0.1, 0.15) is 5.75 Å². The second-order valence-electron chi connectivity index (χ2n) is 6.58. The molecule has 0 radical (unpaired) electrons. The highest BCUT2D eigenvalue weighted by atomic mass is 16.5. The van der Waals surface area contributed by atoms with Crippen LogP contribution >= 0.6 is 0 Å². The number of nitrogens with one attached hydrogen (secondary N) is 2. The number of rotatable bonds is 5. The number of benzene rings is 3. The Hall–Kier alpha value is -3.60. The quantitative estimate of drug-likeness (QED) is 0.674. The SMILES string of the molecule is COc1ccccc1C(=O)Nc1ccc(Nc2ccccc2)c2c1C(=O)CC2. The van der Waals surface area contributed by atoms with Crippen LogP contribution in [0.5, 0.6) is 5.75 Å². The number of Topliss-reactive ketones (excluding diaryl/α,β-unsaturated/α-hetero) is 1. The van der Waals surface area contributed by atoms with Gasteiger partial charge in [0, 0.05) is 23.4 Å². The smallest absolute Gasteiger partial charge is 0.259 e. The molecule has 0 aromatic heterocycles. The van der Waals surface area contributed by atoms with E-state index in [1.54, 1.807) is 30.3 Å². The summed E-state index contributed by atoms with van der Waals surface area (Å²) in [5.74, 6) is 0.232. The summed E-state index contributed by atoms with van der Waals surface area (Å²) >= 11 is 0. The number of hydrogen-bond acceptors (Lipinski definition) is 4. The predicted molar refractivity (Wildman–Crippen MR) is 110 cm³/mol. The number of para-hydroxylation sites is 2. The van der Waals surface area contributed by atoms with Crippen LogP contribution in [0.25, 0.3) is 0 Å². The first-order valence-corrected chi connectivity index (χ1v) is 9.13. The Kier molecular flexibility index (Phi) is 4.81. The van der Waals surface area contributed by atoms with E-state index in [0.29, 0.717) is 35.4 Å². The third-order valence-corrected chi connectivity index (χ3v) is 4.85. The first kappa shape index (κ1) is 17.8. The average Bonchev–Trinajstić information content (AvgIpc) is 3.13. The predicted octanol–water partition coefficient (Wildman–Crippen LogP) is 4.82. The zero-order valence-corrected chi connectivity index (χ0v) is 15.5. The Morgan fingerprint density at radius 1 is 0.893 bits per heavy atom. The summed E-state index contributed by atoms with van der Waals surface area (Å²) in [5, 5.41) is 6.26. The van der Waals surface area contributed by atoms with E-state index in [9.17, 15) is 9.59 Å². The van der Waals surface area contributed by atoms with Crippen molar-refractivity contribution in [1.29, 1.82) is 0 Å². The number of ketones is 1.